The van der Waals surface area contributed by atoms with E-state index in [1.807, 2.05) is 20.8 Å². The summed E-state index contributed by atoms with van der Waals surface area (Å²) in [7, 11) is 0. The predicted octanol–water partition coefficient (Wildman–Crippen LogP) is 2.94. The molecule has 0 aliphatic carbocycles. The number of nitrogens with zero attached hydrogens (tertiary/aromatic N) is 2. The Hall–Kier alpha value is -1.82. The maximum Gasteiger partial charge on any atom is 0.232 e. The van der Waals surface area contributed by atoms with Crippen molar-refractivity contribution < 1.29 is 13.3 Å². The van der Waals surface area contributed by atoms with E-state index in [2.05, 4.69) is 15.5 Å². The van der Waals surface area contributed by atoms with Gasteiger partial charge in [0.2, 0.25) is 5.89 Å². The molecule has 1 heterocycles. The quantitative estimate of drug-likeness (QED) is 0.936. The highest BCUT2D eigenvalue weighted by atomic mass is 19.1. The molecule has 6 heteroatoms. The van der Waals surface area contributed by atoms with E-state index in [0.29, 0.717) is 23.8 Å². The normalized spacial score (nSPS) is 11.8. The second kappa shape index (κ2) is 5.66. The molecule has 0 saturated heterocycles. The van der Waals surface area contributed by atoms with E-state index in [1.165, 1.54) is 12.1 Å². The van der Waals surface area contributed by atoms with Crippen LogP contribution in [0.1, 0.15) is 38.0 Å². The van der Waals surface area contributed by atoms with E-state index < -0.39 is 11.6 Å². The molecular weight excluding hydrogens is 264 g/mol. The van der Waals surface area contributed by atoms with E-state index in [9.17, 15) is 8.78 Å². The number of nitrogens with one attached hydrogen (secondary N) is 1. The summed E-state index contributed by atoms with van der Waals surface area (Å²) in [5.74, 6) is -0.0834. The van der Waals surface area contributed by atoms with Gasteiger partial charge in [-0.25, -0.2) is 8.78 Å². The van der Waals surface area contributed by atoms with E-state index >= 15 is 0 Å². The van der Waals surface area contributed by atoms with E-state index in [4.69, 9.17) is 4.52 Å². The highest BCUT2D eigenvalue weighted by molar-refractivity contribution is 5.18. The molecule has 0 radical (unpaired) electrons. The lowest BCUT2D eigenvalue weighted by Crippen LogP contribution is -2.16. The lowest BCUT2D eigenvalue weighted by molar-refractivity contribution is 0.317. The van der Waals surface area contributed by atoms with Crippen LogP contribution < -0.4 is 5.32 Å². The first-order valence-electron chi connectivity index (χ1n) is 6.34. The topological polar surface area (TPSA) is 51.0 Å². The fourth-order valence-corrected chi connectivity index (χ4v) is 1.60. The van der Waals surface area contributed by atoms with Gasteiger partial charge in [0.25, 0.3) is 0 Å². The first-order chi connectivity index (χ1) is 9.36. The molecule has 0 unspecified atom stereocenters. The standard InChI is InChI=1S/C14H17F2N3O/c1-14(2,3)13-18-12(19-20-13)8-17-7-9-4-5-10(15)6-11(9)16/h4-6,17H,7-8H2,1-3H3. The molecule has 0 bridgehead atoms. The average molecular weight is 281 g/mol. The van der Waals surface area contributed by atoms with Crippen molar-refractivity contribution in [1.82, 2.24) is 15.5 Å². The Kier molecular flexibility index (Phi) is 4.13. The average Bonchev–Trinajstić information content (AvgIpc) is 2.80. The van der Waals surface area contributed by atoms with Gasteiger partial charge in [-0.2, -0.15) is 4.98 Å². The minimum absolute atomic E-state index is 0.200. The molecule has 1 aromatic heterocycles. The fourth-order valence-electron chi connectivity index (χ4n) is 1.60. The molecule has 20 heavy (non-hydrogen) atoms. The highest BCUT2D eigenvalue weighted by Gasteiger charge is 2.21. The Balaban J connectivity index is 1.91. The zero-order valence-corrected chi connectivity index (χ0v) is 11.7. The molecule has 2 aromatic rings. The van der Waals surface area contributed by atoms with Crippen LogP contribution in [0.5, 0.6) is 0 Å². The number of aromatic nitrogens is 2. The van der Waals surface area contributed by atoms with E-state index in [1.54, 1.807) is 0 Å². The molecule has 1 aromatic carbocycles. The van der Waals surface area contributed by atoms with Gasteiger partial charge in [-0.1, -0.05) is 32.0 Å². The van der Waals surface area contributed by atoms with Gasteiger partial charge in [0, 0.05) is 23.6 Å². The van der Waals surface area contributed by atoms with Crippen molar-refractivity contribution in [1.29, 1.82) is 0 Å². The van der Waals surface area contributed by atoms with Gasteiger partial charge in [0.1, 0.15) is 11.6 Å². The minimum atomic E-state index is -0.584. The maximum absolute atomic E-state index is 13.4. The van der Waals surface area contributed by atoms with Crippen molar-refractivity contribution in [3.05, 3.63) is 47.1 Å². The molecule has 0 amide bonds. The number of benzene rings is 1. The molecule has 4 nitrogen and oxygen atoms in total. The third-order valence-corrected chi connectivity index (χ3v) is 2.72. The highest BCUT2D eigenvalue weighted by Crippen LogP contribution is 2.19. The molecule has 0 fully saturated rings. The Morgan fingerprint density at radius 2 is 1.95 bits per heavy atom. The zero-order chi connectivity index (χ0) is 14.8. The summed E-state index contributed by atoms with van der Waals surface area (Å²) in [4.78, 5) is 4.26. The predicted molar refractivity (Wildman–Crippen MR) is 69.9 cm³/mol. The van der Waals surface area contributed by atoms with Gasteiger partial charge in [0.05, 0.1) is 6.54 Å². The van der Waals surface area contributed by atoms with Crippen molar-refractivity contribution in [3.63, 3.8) is 0 Å². The van der Waals surface area contributed by atoms with Gasteiger partial charge in [-0.3, -0.25) is 0 Å². The molecule has 0 aliphatic rings. The van der Waals surface area contributed by atoms with Crippen LogP contribution >= 0.6 is 0 Å². The second-order valence-corrected chi connectivity index (χ2v) is 5.61. The van der Waals surface area contributed by atoms with E-state index in [-0.39, 0.29) is 12.0 Å². The Morgan fingerprint density at radius 3 is 2.55 bits per heavy atom. The summed E-state index contributed by atoms with van der Waals surface area (Å²) < 4.78 is 31.3. The van der Waals surface area contributed by atoms with Crippen molar-refractivity contribution in [2.45, 2.75) is 39.3 Å². The van der Waals surface area contributed by atoms with Crippen molar-refractivity contribution in [3.8, 4) is 0 Å². The lowest BCUT2D eigenvalue weighted by atomic mass is 9.97. The number of hydrogen-bond acceptors (Lipinski definition) is 4. The molecule has 108 valence electrons. The van der Waals surface area contributed by atoms with Crippen LogP contribution in [-0.2, 0) is 18.5 Å². The second-order valence-electron chi connectivity index (χ2n) is 5.61. The molecular formula is C14H17F2N3O. The van der Waals surface area contributed by atoms with Crippen LogP contribution in [0.25, 0.3) is 0 Å². The van der Waals surface area contributed by atoms with Crippen molar-refractivity contribution in [2.24, 2.45) is 0 Å². The monoisotopic (exact) mass is 281 g/mol. The van der Waals surface area contributed by atoms with Crippen LogP contribution in [-0.4, -0.2) is 10.1 Å². The van der Waals surface area contributed by atoms with Gasteiger partial charge in [-0.05, 0) is 6.07 Å². The summed E-state index contributed by atoms with van der Waals surface area (Å²) in [6.07, 6.45) is 0. The van der Waals surface area contributed by atoms with Gasteiger partial charge < -0.3 is 9.84 Å². The fraction of sp³-hybridized carbons (Fsp3) is 0.429. The molecule has 0 atom stereocenters. The van der Waals surface area contributed by atoms with Crippen LogP contribution in [0.3, 0.4) is 0 Å². The number of rotatable bonds is 4. The largest absolute Gasteiger partial charge is 0.339 e. The summed E-state index contributed by atoms with van der Waals surface area (Å²) in [5, 5.41) is 6.84. The number of halogens is 2. The van der Waals surface area contributed by atoms with Crippen LogP contribution in [0.4, 0.5) is 8.78 Å². The summed E-state index contributed by atoms with van der Waals surface area (Å²) in [6, 6.07) is 3.50. The Bertz CT molecular complexity index is 590. The van der Waals surface area contributed by atoms with Gasteiger partial charge in [0.15, 0.2) is 5.82 Å². The van der Waals surface area contributed by atoms with E-state index in [0.717, 1.165) is 6.07 Å². The molecule has 0 spiro atoms. The third-order valence-electron chi connectivity index (χ3n) is 2.72. The first-order valence-corrected chi connectivity index (χ1v) is 6.34. The first kappa shape index (κ1) is 14.6. The molecule has 1 N–H and O–H groups in total. The number of hydrogen-bond donors (Lipinski definition) is 1. The van der Waals surface area contributed by atoms with Crippen molar-refractivity contribution in [2.75, 3.05) is 0 Å². The van der Waals surface area contributed by atoms with Gasteiger partial charge in [-0.15, -0.1) is 0 Å². The summed E-state index contributed by atoms with van der Waals surface area (Å²) >= 11 is 0. The van der Waals surface area contributed by atoms with Crippen LogP contribution in [0.2, 0.25) is 0 Å². The molecule has 2 rings (SSSR count). The maximum atomic E-state index is 13.4. The van der Waals surface area contributed by atoms with Gasteiger partial charge >= 0.3 is 0 Å². The molecule has 0 saturated carbocycles. The summed E-state index contributed by atoms with van der Waals surface area (Å²) in [5.41, 5.74) is 0.194. The minimum Gasteiger partial charge on any atom is -0.339 e. The SMILES string of the molecule is CC(C)(C)c1nc(CNCc2ccc(F)cc2F)no1. The Labute approximate surface area is 116 Å². The summed E-state index contributed by atoms with van der Waals surface area (Å²) in [6.45, 7) is 6.56. The van der Waals surface area contributed by atoms with Crippen molar-refractivity contribution >= 4 is 0 Å². The smallest absolute Gasteiger partial charge is 0.232 e. The zero-order valence-electron chi connectivity index (χ0n) is 11.7. The third kappa shape index (κ3) is 3.60. The van der Waals surface area contributed by atoms with Crippen LogP contribution in [0, 0.1) is 11.6 Å². The van der Waals surface area contributed by atoms with Crippen LogP contribution in [0.15, 0.2) is 22.7 Å². The lowest BCUT2D eigenvalue weighted by Gasteiger charge is -2.10. The Morgan fingerprint density at radius 1 is 1.20 bits per heavy atom. The molecule has 0 aliphatic heterocycles.